The van der Waals surface area contributed by atoms with Gasteiger partial charge in [0.2, 0.25) is 5.91 Å². The first-order chi connectivity index (χ1) is 11.7. The zero-order valence-electron chi connectivity index (χ0n) is 13.7. The highest BCUT2D eigenvalue weighted by molar-refractivity contribution is 6.32. The van der Waals surface area contributed by atoms with E-state index in [0.717, 1.165) is 29.8 Å². The third-order valence-corrected chi connectivity index (χ3v) is 3.93. The van der Waals surface area contributed by atoms with Crippen LogP contribution in [0.3, 0.4) is 0 Å². The van der Waals surface area contributed by atoms with E-state index in [4.69, 9.17) is 11.6 Å². The van der Waals surface area contributed by atoms with E-state index in [-0.39, 0.29) is 10.6 Å². The Balaban J connectivity index is 2.09. The number of carbonyl (C=O) groups excluding carboxylic acids is 1. The number of carbonyl (C=O) groups is 1. The fraction of sp³-hybridized carbons (Fsp3) is 0.211. The summed E-state index contributed by atoms with van der Waals surface area (Å²) in [6.07, 6.45) is -2.05. The Morgan fingerprint density at radius 1 is 1.12 bits per heavy atom. The zero-order valence-corrected chi connectivity index (χ0v) is 14.4. The highest BCUT2D eigenvalue weighted by Crippen LogP contribution is 2.32. The third-order valence-electron chi connectivity index (χ3n) is 3.58. The monoisotopic (exact) mass is 367 g/mol. The van der Waals surface area contributed by atoms with E-state index >= 15 is 0 Å². The summed E-state index contributed by atoms with van der Waals surface area (Å²) in [7, 11) is 0. The molecule has 1 N–H and O–H groups in total. The first-order valence-corrected chi connectivity index (χ1v) is 8.00. The van der Waals surface area contributed by atoms with Crippen molar-refractivity contribution in [2.24, 2.45) is 0 Å². The fourth-order valence-electron chi connectivity index (χ4n) is 2.15. The summed E-state index contributed by atoms with van der Waals surface area (Å²) in [5.74, 6) is -0.0709. The van der Waals surface area contributed by atoms with Crippen LogP contribution < -0.4 is 5.32 Å². The first-order valence-electron chi connectivity index (χ1n) is 7.62. The van der Waals surface area contributed by atoms with Gasteiger partial charge in [-0.25, -0.2) is 0 Å². The lowest BCUT2D eigenvalue weighted by Gasteiger charge is -2.08. The molecule has 0 saturated carbocycles. The van der Waals surface area contributed by atoms with Crippen LogP contribution in [0.15, 0.2) is 48.5 Å². The highest BCUT2D eigenvalue weighted by atomic mass is 35.5. The van der Waals surface area contributed by atoms with Crippen LogP contribution in [-0.2, 0) is 11.0 Å². The molecule has 0 bridgehead atoms. The number of halogens is 4. The van der Waals surface area contributed by atoms with Crippen molar-refractivity contribution in [2.45, 2.75) is 25.9 Å². The Bertz CT molecular complexity index is 780. The van der Waals surface area contributed by atoms with Crippen molar-refractivity contribution in [1.82, 2.24) is 0 Å². The van der Waals surface area contributed by atoms with E-state index in [1.54, 1.807) is 12.1 Å². The Morgan fingerprint density at radius 3 is 2.32 bits per heavy atom. The van der Waals surface area contributed by atoms with Crippen molar-refractivity contribution in [3.8, 4) is 0 Å². The van der Waals surface area contributed by atoms with Crippen molar-refractivity contribution in [2.75, 3.05) is 5.32 Å². The molecule has 1 amide bonds. The summed E-state index contributed by atoms with van der Waals surface area (Å²) in [5, 5.41) is 2.79. The number of hydrogen-bond donors (Lipinski definition) is 1. The summed E-state index contributed by atoms with van der Waals surface area (Å²) in [6.45, 7) is 4.13. The molecule has 0 spiro atoms. The number of rotatable bonds is 4. The maximum Gasteiger partial charge on any atom is 0.416 e. The molecule has 0 saturated heterocycles. The molecule has 0 heterocycles. The van der Waals surface area contributed by atoms with Gasteiger partial charge < -0.3 is 5.32 Å². The van der Waals surface area contributed by atoms with Crippen molar-refractivity contribution in [3.05, 3.63) is 70.3 Å². The molecule has 0 atom stereocenters. The van der Waals surface area contributed by atoms with Crippen LogP contribution in [0, 0.1) is 0 Å². The number of anilines is 1. The molecule has 0 fully saturated rings. The quantitative estimate of drug-likeness (QED) is 0.646. The average Bonchev–Trinajstić information content (AvgIpc) is 2.53. The molecule has 0 aliphatic rings. The first kappa shape index (κ1) is 19.1. The second kappa shape index (κ2) is 7.74. The van der Waals surface area contributed by atoms with Crippen molar-refractivity contribution in [1.29, 1.82) is 0 Å². The molecular weight excluding hydrogens is 351 g/mol. The molecule has 0 unspecified atom stereocenters. The Kier molecular flexibility index (Phi) is 5.90. The standard InChI is InChI=1S/C19H17ClF3NO/c1-12(2)13-3-7-16(8-4-13)24-18(25)10-5-14-11-15(19(21,22)23)6-9-17(14)20/h3-12H,1-2H3,(H,24,25)/b10-5+. The van der Waals surface area contributed by atoms with Crippen molar-refractivity contribution >= 4 is 29.3 Å². The van der Waals surface area contributed by atoms with Crippen LogP contribution in [0.25, 0.3) is 6.08 Å². The molecule has 0 aliphatic heterocycles. The van der Waals surface area contributed by atoms with Gasteiger partial charge >= 0.3 is 6.18 Å². The highest BCUT2D eigenvalue weighted by Gasteiger charge is 2.30. The Morgan fingerprint density at radius 2 is 1.76 bits per heavy atom. The topological polar surface area (TPSA) is 29.1 Å². The molecular formula is C19H17ClF3NO. The SMILES string of the molecule is CC(C)c1ccc(NC(=O)/C=C/c2cc(C(F)(F)F)ccc2Cl)cc1. The van der Waals surface area contributed by atoms with Gasteiger partial charge in [-0.2, -0.15) is 13.2 Å². The molecule has 2 nitrogen and oxygen atoms in total. The van der Waals surface area contributed by atoms with Gasteiger partial charge in [-0.3, -0.25) is 4.79 Å². The van der Waals surface area contributed by atoms with Gasteiger partial charge in [0.25, 0.3) is 0 Å². The minimum Gasteiger partial charge on any atom is -0.323 e. The van der Waals surface area contributed by atoms with Crippen LogP contribution in [0.5, 0.6) is 0 Å². The maximum atomic E-state index is 12.7. The van der Waals surface area contributed by atoms with Gasteiger partial charge in [-0.05, 0) is 53.5 Å². The predicted molar refractivity (Wildman–Crippen MR) is 94.6 cm³/mol. The van der Waals surface area contributed by atoms with Crippen LogP contribution >= 0.6 is 11.6 Å². The molecule has 132 valence electrons. The lowest BCUT2D eigenvalue weighted by atomic mass is 10.0. The fourth-order valence-corrected chi connectivity index (χ4v) is 2.33. The predicted octanol–water partition coefficient (Wildman–Crippen LogP) is 6.13. The van der Waals surface area contributed by atoms with E-state index < -0.39 is 17.6 Å². The second-order valence-corrected chi connectivity index (χ2v) is 6.24. The van der Waals surface area contributed by atoms with Crippen LogP contribution in [-0.4, -0.2) is 5.91 Å². The van der Waals surface area contributed by atoms with Crippen LogP contribution in [0.2, 0.25) is 5.02 Å². The van der Waals surface area contributed by atoms with E-state index in [9.17, 15) is 18.0 Å². The normalized spacial score (nSPS) is 12.0. The molecule has 0 aromatic heterocycles. The second-order valence-electron chi connectivity index (χ2n) is 5.83. The van der Waals surface area contributed by atoms with Crippen LogP contribution in [0.1, 0.15) is 36.5 Å². The van der Waals surface area contributed by atoms with Gasteiger partial charge in [-0.15, -0.1) is 0 Å². The van der Waals surface area contributed by atoms with E-state index in [1.807, 2.05) is 12.1 Å². The minimum absolute atomic E-state index is 0.127. The van der Waals surface area contributed by atoms with Gasteiger partial charge in [0, 0.05) is 16.8 Å². The molecule has 2 aromatic rings. The molecule has 2 aromatic carbocycles. The number of nitrogens with one attached hydrogen (secondary N) is 1. The maximum absolute atomic E-state index is 12.7. The van der Waals surface area contributed by atoms with E-state index in [2.05, 4.69) is 19.2 Å². The van der Waals surface area contributed by atoms with E-state index in [1.165, 1.54) is 6.08 Å². The molecule has 6 heteroatoms. The Labute approximate surface area is 149 Å². The molecule has 0 aliphatic carbocycles. The third kappa shape index (κ3) is 5.36. The van der Waals surface area contributed by atoms with Crippen molar-refractivity contribution in [3.63, 3.8) is 0 Å². The zero-order chi connectivity index (χ0) is 18.6. The average molecular weight is 368 g/mol. The van der Waals surface area contributed by atoms with E-state index in [0.29, 0.717) is 11.6 Å². The molecule has 0 radical (unpaired) electrons. The summed E-state index contributed by atoms with van der Waals surface area (Å²) < 4.78 is 38.2. The minimum atomic E-state index is -4.46. The summed E-state index contributed by atoms with van der Waals surface area (Å²) in [6, 6.07) is 10.3. The number of alkyl halides is 3. The smallest absolute Gasteiger partial charge is 0.323 e. The summed E-state index contributed by atoms with van der Waals surface area (Å²) in [5.41, 5.74) is 1.06. The van der Waals surface area contributed by atoms with Gasteiger partial charge in [0.15, 0.2) is 0 Å². The lowest BCUT2D eigenvalue weighted by Crippen LogP contribution is -2.08. The lowest BCUT2D eigenvalue weighted by molar-refractivity contribution is -0.137. The Hall–Kier alpha value is -2.27. The number of hydrogen-bond acceptors (Lipinski definition) is 1. The summed E-state index contributed by atoms with van der Waals surface area (Å²) in [4.78, 5) is 11.9. The van der Waals surface area contributed by atoms with Gasteiger partial charge in [-0.1, -0.05) is 37.6 Å². The number of amides is 1. The molecule has 2 rings (SSSR count). The van der Waals surface area contributed by atoms with Crippen LogP contribution in [0.4, 0.5) is 18.9 Å². The van der Waals surface area contributed by atoms with Crippen molar-refractivity contribution < 1.29 is 18.0 Å². The van der Waals surface area contributed by atoms with Gasteiger partial charge in [0.1, 0.15) is 0 Å². The largest absolute Gasteiger partial charge is 0.416 e. The number of benzene rings is 2. The molecule has 25 heavy (non-hydrogen) atoms. The summed E-state index contributed by atoms with van der Waals surface area (Å²) >= 11 is 5.89. The van der Waals surface area contributed by atoms with Gasteiger partial charge in [0.05, 0.1) is 5.56 Å².